The maximum Gasteiger partial charge on any atom is 0.222 e. The van der Waals surface area contributed by atoms with E-state index in [2.05, 4.69) is 4.72 Å². The zero-order valence-corrected chi connectivity index (χ0v) is 7.89. The molecule has 0 unspecified atom stereocenters. The van der Waals surface area contributed by atoms with Crippen molar-refractivity contribution >= 4 is 16.6 Å². The van der Waals surface area contributed by atoms with Crippen LogP contribution in [-0.2, 0) is 10.9 Å². The number of hydrogen-bond acceptors (Lipinski definition) is 2. The highest BCUT2D eigenvalue weighted by Crippen LogP contribution is 2.13. The molecule has 1 aromatic rings. The molecule has 0 amide bonds. The van der Waals surface area contributed by atoms with Gasteiger partial charge in [-0.15, -0.1) is 0 Å². The Labute approximate surface area is 73.5 Å². The van der Waals surface area contributed by atoms with Crippen molar-refractivity contribution in [3.8, 4) is 0 Å². The average molecular weight is 185 g/mol. The summed E-state index contributed by atoms with van der Waals surface area (Å²) in [6, 6.07) is 5.57. The Kier molecular flexibility index (Phi) is 2.70. The van der Waals surface area contributed by atoms with E-state index >= 15 is 0 Å². The lowest BCUT2D eigenvalue weighted by Crippen LogP contribution is -1.95. The third-order valence-electron chi connectivity index (χ3n) is 1.44. The highest BCUT2D eigenvalue weighted by atomic mass is 32.2. The van der Waals surface area contributed by atoms with Crippen molar-refractivity contribution in [2.45, 2.75) is 13.8 Å². The summed E-state index contributed by atoms with van der Waals surface area (Å²) in [6.45, 7) is 3.85. The molecule has 0 fully saturated rings. The first kappa shape index (κ1) is 9.06. The van der Waals surface area contributed by atoms with Gasteiger partial charge in [0, 0.05) is 5.69 Å². The van der Waals surface area contributed by atoms with Gasteiger partial charge in [-0.3, -0.25) is 4.72 Å². The fourth-order valence-corrected chi connectivity index (χ4v) is 1.48. The Morgan fingerprint density at radius 2 is 1.58 bits per heavy atom. The van der Waals surface area contributed by atoms with Crippen LogP contribution in [0.1, 0.15) is 11.1 Å². The zero-order valence-electron chi connectivity index (χ0n) is 7.00. The molecule has 0 heterocycles. The van der Waals surface area contributed by atoms with Gasteiger partial charge >= 0.3 is 0 Å². The van der Waals surface area contributed by atoms with Crippen molar-refractivity contribution in [3.05, 3.63) is 29.3 Å². The van der Waals surface area contributed by atoms with Crippen LogP contribution in [0.25, 0.3) is 0 Å². The van der Waals surface area contributed by atoms with Gasteiger partial charge in [0.25, 0.3) is 0 Å². The minimum absolute atomic E-state index is 0.628. The van der Waals surface area contributed by atoms with Crippen LogP contribution >= 0.6 is 0 Å². The third kappa shape index (κ3) is 2.54. The molecule has 0 aliphatic rings. The van der Waals surface area contributed by atoms with Crippen LogP contribution in [0, 0.1) is 13.8 Å². The lowest BCUT2D eigenvalue weighted by Gasteiger charge is -2.01. The summed E-state index contributed by atoms with van der Waals surface area (Å²) in [5.41, 5.74) is 2.73. The molecule has 66 valence electrons. The zero-order chi connectivity index (χ0) is 9.14. The predicted octanol–water partition coefficient (Wildman–Crippen LogP) is 1.24. The van der Waals surface area contributed by atoms with Gasteiger partial charge in [0.15, 0.2) is 0 Å². The average Bonchev–Trinajstić information content (AvgIpc) is 1.81. The molecular formula is C8H11NO2S. The first-order valence-corrected chi connectivity index (χ1v) is 4.75. The van der Waals surface area contributed by atoms with Gasteiger partial charge in [0.1, 0.15) is 0 Å². The van der Waals surface area contributed by atoms with Gasteiger partial charge in [-0.2, -0.15) is 0 Å². The van der Waals surface area contributed by atoms with E-state index in [0.717, 1.165) is 11.1 Å². The van der Waals surface area contributed by atoms with Crippen molar-refractivity contribution in [1.82, 2.24) is 0 Å². The standard InChI is InChI=1S/C8H11NO2S/c1-6-3-7(2)5-8(4-6)9-12(10)11/h3-5,12H,1-2H3,(H,9,10,11). The monoisotopic (exact) mass is 185 g/mol. The van der Waals surface area contributed by atoms with Crippen molar-refractivity contribution in [3.63, 3.8) is 0 Å². The number of anilines is 1. The molecule has 0 saturated heterocycles. The number of nitrogens with one attached hydrogen (secondary N) is 1. The topological polar surface area (TPSA) is 46.2 Å². The number of rotatable bonds is 2. The molecule has 0 atom stereocenters. The van der Waals surface area contributed by atoms with Crippen molar-refractivity contribution < 1.29 is 8.42 Å². The van der Waals surface area contributed by atoms with Crippen LogP contribution in [0.4, 0.5) is 5.69 Å². The first-order valence-electron chi connectivity index (χ1n) is 3.57. The lowest BCUT2D eigenvalue weighted by molar-refractivity contribution is 0.619. The molecule has 0 bridgehead atoms. The van der Waals surface area contributed by atoms with E-state index in [1.165, 1.54) is 0 Å². The van der Waals surface area contributed by atoms with Gasteiger partial charge < -0.3 is 0 Å². The van der Waals surface area contributed by atoms with Crippen LogP contribution in [0.3, 0.4) is 0 Å². The second-order valence-electron chi connectivity index (χ2n) is 2.75. The minimum Gasteiger partial charge on any atom is -0.286 e. The molecular weight excluding hydrogens is 174 g/mol. The first-order chi connectivity index (χ1) is 5.58. The van der Waals surface area contributed by atoms with Crippen LogP contribution in [0.5, 0.6) is 0 Å². The molecule has 0 saturated carbocycles. The second-order valence-corrected chi connectivity index (χ2v) is 3.48. The quantitative estimate of drug-likeness (QED) is 0.681. The fourth-order valence-electron chi connectivity index (χ4n) is 1.14. The summed E-state index contributed by atoms with van der Waals surface area (Å²) in [5, 5.41) is 0. The summed E-state index contributed by atoms with van der Waals surface area (Å²) in [4.78, 5) is 0. The number of thiol groups is 1. The molecule has 1 aromatic carbocycles. The van der Waals surface area contributed by atoms with Crippen LogP contribution in [0.15, 0.2) is 18.2 Å². The van der Waals surface area contributed by atoms with Gasteiger partial charge in [-0.25, -0.2) is 8.42 Å². The van der Waals surface area contributed by atoms with Gasteiger partial charge in [-0.05, 0) is 37.1 Å². The maximum absolute atomic E-state index is 10.3. The Balaban J connectivity index is 3.00. The minimum atomic E-state index is -2.55. The molecule has 1 N–H and O–H groups in total. The van der Waals surface area contributed by atoms with E-state index in [1.807, 2.05) is 19.9 Å². The van der Waals surface area contributed by atoms with E-state index in [9.17, 15) is 8.42 Å². The van der Waals surface area contributed by atoms with E-state index in [-0.39, 0.29) is 0 Å². The Hall–Kier alpha value is -1.03. The van der Waals surface area contributed by atoms with E-state index in [0.29, 0.717) is 5.69 Å². The van der Waals surface area contributed by atoms with E-state index < -0.39 is 10.9 Å². The van der Waals surface area contributed by atoms with Crippen molar-refractivity contribution in [2.75, 3.05) is 4.72 Å². The summed E-state index contributed by atoms with van der Waals surface area (Å²) in [6.07, 6.45) is 0. The highest BCUT2D eigenvalue weighted by molar-refractivity contribution is 7.73. The smallest absolute Gasteiger partial charge is 0.222 e. The number of benzene rings is 1. The molecule has 0 spiro atoms. The van der Waals surface area contributed by atoms with Crippen LogP contribution in [-0.4, -0.2) is 8.42 Å². The summed E-state index contributed by atoms with van der Waals surface area (Å²) in [5.74, 6) is 0. The van der Waals surface area contributed by atoms with Gasteiger partial charge in [0.2, 0.25) is 10.9 Å². The Morgan fingerprint density at radius 1 is 1.08 bits per heavy atom. The normalized spacial score (nSPS) is 10.2. The molecule has 4 heteroatoms. The highest BCUT2D eigenvalue weighted by Gasteiger charge is 1.94. The molecule has 1 rings (SSSR count). The van der Waals surface area contributed by atoms with Crippen LogP contribution < -0.4 is 4.72 Å². The Bertz CT molecular complexity index is 330. The molecule has 0 aliphatic carbocycles. The summed E-state index contributed by atoms with van der Waals surface area (Å²) >= 11 is 0. The number of aryl methyl sites for hydroxylation is 2. The number of hydrogen-bond donors (Lipinski definition) is 2. The van der Waals surface area contributed by atoms with E-state index in [4.69, 9.17) is 0 Å². The molecule has 0 radical (unpaired) electrons. The third-order valence-corrected chi connectivity index (χ3v) is 1.88. The van der Waals surface area contributed by atoms with E-state index in [1.54, 1.807) is 12.1 Å². The predicted molar refractivity (Wildman–Crippen MR) is 49.9 cm³/mol. The maximum atomic E-state index is 10.3. The van der Waals surface area contributed by atoms with Gasteiger partial charge in [-0.1, -0.05) is 6.07 Å². The van der Waals surface area contributed by atoms with Crippen molar-refractivity contribution in [2.24, 2.45) is 0 Å². The molecule has 0 aliphatic heterocycles. The molecule has 3 nitrogen and oxygen atoms in total. The summed E-state index contributed by atoms with van der Waals surface area (Å²) in [7, 11) is -2.55. The summed E-state index contributed by atoms with van der Waals surface area (Å²) < 4.78 is 23.0. The second kappa shape index (κ2) is 3.58. The molecule has 0 aromatic heterocycles. The fraction of sp³-hybridized carbons (Fsp3) is 0.250. The molecule has 12 heavy (non-hydrogen) atoms. The SMILES string of the molecule is Cc1cc(C)cc(N[SH](=O)=O)c1. The largest absolute Gasteiger partial charge is 0.286 e. The Morgan fingerprint density at radius 3 is 2.00 bits per heavy atom. The van der Waals surface area contributed by atoms with Gasteiger partial charge in [0.05, 0.1) is 0 Å². The lowest BCUT2D eigenvalue weighted by atomic mass is 10.1. The van der Waals surface area contributed by atoms with Crippen molar-refractivity contribution in [1.29, 1.82) is 0 Å². The van der Waals surface area contributed by atoms with Crippen LogP contribution in [0.2, 0.25) is 0 Å².